The third-order valence-corrected chi connectivity index (χ3v) is 4.07. The molecule has 0 aliphatic rings. The second-order valence-electron chi connectivity index (χ2n) is 3.84. The summed E-state index contributed by atoms with van der Waals surface area (Å²) in [6.07, 6.45) is 4.46. The van der Waals surface area contributed by atoms with Crippen LogP contribution in [0.3, 0.4) is 0 Å². The summed E-state index contributed by atoms with van der Waals surface area (Å²) in [6, 6.07) is 0. The standard InChI is InChI=1S/C11H23NO2S/c1-4-9-15(13,14)10-7-11(2)6-5-8-12-3/h6,12H,4-5,7-10H2,1-3H3. The van der Waals surface area contributed by atoms with Gasteiger partial charge in [0.2, 0.25) is 0 Å². The zero-order chi connectivity index (χ0) is 11.7. The topological polar surface area (TPSA) is 46.2 Å². The number of sulfone groups is 1. The minimum Gasteiger partial charge on any atom is -0.319 e. The molecule has 0 radical (unpaired) electrons. The van der Waals surface area contributed by atoms with Crippen LogP contribution in [0.25, 0.3) is 0 Å². The molecular weight excluding hydrogens is 210 g/mol. The van der Waals surface area contributed by atoms with Gasteiger partial charge in [-0.05, 0) is 39.8 Å². The molecule has 90 valence electrons. The van der Waals surface area contributed by atoms with Crippen molar-refractivity contribution in [3.05, 3.63) is 11.6 Å². The van der Waals surface area contributed by atoms with E-state index >= 15 is 0 Å². The van der Waals surface area contributed by atoms with E-state index in [1.54, 1.807) is 0 Å². The van der Waals surface area contributed by atoms with Gasteiger partial charge in [0.25, 0.3) is 0 Å². The molecule has 0 atom stereocenters. The molecule has 0 fully saturated rings. The zero-order valence-corrected chi connectivity index (χ0v) is 10.9. The summed E-state index contributed by atoms with van der Waals surface area (Å²) < 4.78 is 22.9. The third kappa shape index (κ3) is 8.63. The summed E-state index contributed by atoms with van der Waals surface area (Å²) >= 11 is 0. The highest BCUT2D eigenvalue weighted by Crippen LogP contribution is 2.05. The molecule has 4 heteroatoms. The Labute approximate surface area is 93.9 Å². The summed E-state index contributed by atoms with van der Waals surface area (Å²) in [4.78, 5) is 0. The van der Waals surface area contributed by atoms with E-state index in [-0.39, 0.29) is 0 Å². The fraction of sp³-hybridized carbons (Fsp3) is 0.818. The maximum absolute atomic E-state index is 11.4. The van der Waals surface area contributed by atoms with Gasteiger partial charge in [-0.15, -0.1) is 0 Å². The molecule has 0 heterocycles. The van der Waals surface area contributed by atoms with Gasteiger partial charge in [-0.2, -0.15) is 0 Å². The van der Waals surface area contributed by atoms with Gasteiger partial charge in [0.15, 0.2) is 9.84 Å². The zero-order valence-electron chi connectivity index (χ0n) is 10.0. The van der Waals surface area contributed by atoms with Gasteiger partial charge in [-0.3, -0.25) is 0 Å². The lowest BCUT2D eigenvalue weighted by molar-refractivity contribution is 0.593. The van der Waals surface area contributed by atoms with Crippen molar-refractivity contribution in [1.29, 1.82) is 0 Å². The van der Waals surface area contributed by atoms with Crippen molar-refractivity contribution in [2.24, 2.45) is 0 Å². The maximum atomic E-state index is 11.4. The van der Waals surface area contributed by atoms with Gasteiger partial charge < -0.3 is 5.32 Å². The van der Waals surface area contributed by atoms with Crippen molar-refractivity contribution in [3.63, 3.8) is 0 Å². The van der Waals surface area contributed by atoms with Gasteiger partial charge in [0.1, 0.15) is 0 Å². The van der Waals surface area contributed by atoms with Crippen LogP contribution in [-0.2, 0) is 9.84 Å². The van der Waals surface area contributed by atoms with Gasteiger partial charge in [-0.1, -0.05) is 18.6 Å². The Bertz CT molecular complexity index is 281. The maximum Gasteiger partial charge on any atom is 0.150 e. The molecule has 0 saturated heterocycles. The molecule has 15 heavy (non-hydrogen) atoms. The Balaban J connectivity index is 3.89. The molecule has 0 amide bonds. The summed E-state index contributed by atoms with van der Waals surface area (Å²) in [6.45, 7) is 4.84. The van der Waals surface area contributed by atoms with E-state index in [9.17, 15) is 8.42 Å². The monoisotopic (exact) mass is 233 g/mol. The van der Waals surface area contributed by atoms with Crippen LogP contribution >= 0.6 is 0 Å². The average Bonchev–Trinajstić information content (AvgIpc) is 2.15. The predicted octanol–water partition coefficient (Wildman–Crippen LogP) is 1.76. The summed E-state index contributed by atoms with van der Waals surface area (Å²) in [5.74, 6) is 0.611. The van der Waals surface area contributed by atoms with Crippen LogP contribution in [0, 0.1) is 0 Å². The Morgan fingerprint density at radius 1 is 1.33 bits per heavy atom. The fourth-order valence-corrected chi connectivity index (χ4v) is 2.75. The van der Waals surface area contributed by atoms with Crippen LogP contribution in [-0.4, -0.2) is 33.5 Å². The number of hydrogen-bond donors (Lipinski definition) is 1. The molecule has 1 N–H and O–H groups in total. The summed E-state index contributed by atoms with van der Waals surface area (Å²) in [5, 5.41) is 3.05. The molecule has 0 saturated carbocycles. The highest BCUT2D eigenvalue weighted by molar-refractivity contribution is 7.91. The van der Waals surface area contributed by atoms with Crippen LogP contribution in [0.15, 0.2) is 11.6 Å². The van der Waals surface area contributed by atoms with E-state index < -0.39 is 9.84 Å². The third-order valence-electron chi connectivity index (χ3n) is 2.21. The number of allylic oxidation sites excluding steroid dienone is 1. The lowest BCUT2D eigenvalue weighted by Gasteiger charge is -2.03. The van der Waals surface area contributed by atoms with Crippen molar-refractivity contribution in [1.82, 2.24) is 5.32 Å². The Morgan fingerprint density at radius 2 is 2.00 bits per heavy atom. The SMILES string of the molecule is CCCS(=O)(=O)CCC(C)=CCCNC. The van der Waals surface area contributed by atoms with E-state index in [0.717, 1.165) is 13.0 Å². The number of hydrogen-bond acceptors (Lipinski definition) is 3. The Morgan fingerprint density at radius 3 is 2.53 bits per heavy atom. The first-order valence-electron chi connectivity index (χ1n) is 5.52. The highest BCUT2D eigenvalue weighted by atomic mass is 32.2. The average molecular weight is 233 g/mol. The lowest BCUT2D eigenvalue weighted by atomic mass is 10.2. The molecular formula is C11H23NO2S. The molecule has 0 spiro atoms. The smallest absolute Gasteiger partial charge is 0.150 e. The van der Waals surface area contributed by atoms with Crippen molar-refractivity contribution in [2.45, 2.75) is 33.1 Å². The molecule has 0 aromatic rings. The molecule has 0 aromatic carbocycles. The van der Waals surface area contributed by atoms with E-state index in [0.29, 0.717) is 24.3 Å². The molecule has 0 aromatic heterocycles. The molecule has 0 aliphatic heterocycles. The van der Waals surface area contributed by atoms with Gasteiger partial charge in [0.05, 0.1) is 5.75 Å². The molecule has 0 aliphatic carbocycles. The first-order valence-corrected chi connectivity index (χ1v) is 7.34. The molecule has 0 rings (SSSR count). The normalized spacial score (nSPS) is 13.1. The van der Waals surface area contributed by atoms with E-state index in [4.69, 9.17) is 0 Å². The minimum absolute atomic E-state index is 0.294. The first kappa shape index (κ1) is 14.6. The predicted molar refractivity (Wildman–Crippen MR) is 65.9 cm³/mol. The summed E-state index contributed by atoms with van der Waals surface area (Å²) in [5.41, 5.74) is 1.17. The van der Waals surface area contributed by atoms with E-state index in [1.807, 2.05) is 20.9 Å². The first-order chi connectivity index (χ1) is 7.02. The van der Waals surface area contributed by atoms with Gasteiger partial charge in [0, 0.05) is 5.75 Å². The Hall–Kier alpha value is -0.350. The number of nitrogens with one attached hydrogen (secondary N) is 1. The van der Waals surface area contributed by atoms with E-state index in [2.05, 4.69) is 11.4 Å². The van der Waals surface area contributed by atoms with Gasteiger partial charge in [-0.25, -0.2) is 8.42 Å². The second kappa shape index (κ2) is 7.88. The number of rotatable bonds is 8. The Kier molecular flexibility index (Phi) is 7.70. The fourth-order valence-electron chi connectivity index (χ4n) is 1.29. The minimum atomic E-state index is -2.81. The van der Waals surface area contributed by atoms with Crippen molar-refractivity contribution < 1.29 is 8.42 Å². The van der Waals surface area contributed by atoms with Crippen molar-refractivity contribution in [2.75, 3.05) is 25.1 Å². The van der Waals surface area contributed by atoms with Gasteiger partial charge >= 0.3 is 0 Å². The van der Waals surface area contributed by atoms with Crippen LogP contribution in [0.2, 0.25) is 0 Å². The van der Waals surface area contributed by atoms with Crippen LogP contribution < -0.4 is 5.32 Å². The van der Waals surface area contributed by atoms with Crippen molar-refractivity contribution in [3.8, 4) is 0 Å². The lowest BCUT2D eigenvalue weighted by Crippen LogP contribution is -2.11. The van der Waals surface area contributed by atoms with Crippen molar-refractivity contribution >= 4 is 9.84 Å². The van der Waals surface area contributed by atoms with Crippen LogP contribution in [0.5, 0.6) is 0 Å². The largest absolute Gasteiger partial charge is 0.319 e. The second-order valence-corrected chi connectivity index (χ2v) is 6.15. The summed E-state index contributed by atoms with van der Waals surface area (Å²) in [7, 11) is -0.902. The quantitative estimate of drug-likeness (QED) is 0.513. The van der Waals surface area contributed by atoms with Crippen LogP contribution in [0.1, 0.15) is 33.1 Å². The van der Waals surface area contributed by atoms with Crippen LogP contribution in [0.4, 0.5) is 0 Å². The highest BCUT2D eigenvalue weighted by Gasteiger charge is 2.08. The molecule has 0 unspecified atom stereocenters. The molecule has 0 bridgehead atoms. The van der Waals surface area contributed by atoms with E-state index in [1.165, 1.54) is 5.57 Å². The molecule has 3 nitrogen and oxygen atoms in total.